The highest BCUT2D eigenvalue weighted by Gasteiger charge is 2.30. The van der Waals surface area contributed by atoms with Crippen LogP contribution < -0.4 is 10.2 Å². The van der Waals surface area contributed by atoms with E-state index in [0.29, 0.717) is 18.0 Å². The molecule has 152 valence electrons. The number of benzene rings is 2. The van der Waals surface area contributed by atoms with Gasteiger partial charge in [-0.1, -0.05) is 42.4 Å². The van der Waals surface area contributed by atoms with E-state index < -0.39 is 5.91 Å². The Labute approximate surface area is 172 Å². The lowest BCUT2D eigenvalue weighted by Gasteiger charge is -2.14. The number of nitrogens with one attached hydrogen (secondary N) is 1. The molecule has 4 rings (SSSR count). The summed E-state index contributed by atoms with van der Waals surface area (Å²) in [7, 11) is 0. The Hall–Kier alpha value is -3.81. The topological polar surface area (TPSA) is 105 Å². The minimum absolute atomic E-state index is 0.0149. The zero-order valence-electron chi connectivity index (χ0n) is 16.4. The van der Waals surface area contributed by atoms with Crippen LogP contribution in [0.2, 0.25) is 0 Å². The Morgan fingerprint density at radius 2 is 1.73 bits per heavy atom. The van der Waals surface area contributed by atoms with Gasteiger partial charge >= 0.3 is 6.01 Å². The van der Waals surface area contributed by atoms with Crippen molar-refractivity contribution in [3.8, 4) is 0 Å². The molecule has 0 aliphatic carbocycles. The van der Waals surface area contributed by atoms with Crippen LogP contribution in [0.5, 0.6) is 0 Å². The lowest BCUT2D eigenvalue weighted by atomic mass is 10.1. The normalized spacial score (nSPS) is 13.7. The van der Waals surface area contributed by atoms with E-state index in [2.05, 4.69) is 34.6 Å². The second-order valence-corrected chi connectivity index (χ2v) is 6.98. The van der Waals surface area contributed by atoms with E-state index in [-0.39, 0.29) is 36.2 Å². The zero-order chi connectivity index (χ0) is 21.1. The van der Waals surface area contributed by atoms with Gasteiger partial charge in [0, 0.05) is 18.4 Å². The molecule has 1 aliphatic heterocycles. The number of hydrogen-bond acceptors (Lipinski definition) is 6. The molecular formula is C22H20N4O4. The summed E-state index contributed by atoms with van der Waals surface area (Å²) in [6, 6.07) is 14.4. The molecule has 1 N–H and O–H groups in total. The monoisotopic (exact) mass is 404 g/mol. The van der Waals surface area contributed by atoms with E-state index in [1.807, 2.05) is 12.1 Å². The molecule has 1 fully saturated rings. The lowest BCUT2D eigenvalue weighted by Crippen LogP contribution is -2.28. The molecule has 0 unspecified atom stereocenters. The molecule has 0 spiro atoms. The number of imide groups is 1. The summed E-state index contributed by atoms with van der Waals surface area (Å²) in [5, 5.41) is 10.4. The fraction of sp³-hybridized carbons (Fsp3) is 0.227. The van der Waals surface area contributed by atoms with Gasteiger partial charge in [0.05, 0.1) is 12.1 Å². The minimum atomic E-state index is -0.474. The Kier molecular flexibility index (Phi) is 5.38. The number of carbonyl (C=O) groups excluding carboxylic acids is 3. The Morgan fingerprint density at radius 1 is 1.03 bits per heavy atom. The van der Waals surface area contributed by atoms with Crippen LogP contribution in [0, 0.1) is 0 Å². The molecule has 1 aliphatic rings. The summed E-state index contributed by atoms with van der Waals surface area (Å²) in [6.45, 7) is 2.10. The molecule has 2 aromatic carbocycles. The minimum Gasteiger partial charge on any atom is -0.407 e. The van der Waals surface area contributed by atoms with Crippen molar-refractivity contribution in [2.45, 2.75) is 32.6 Å². The largest absolute Gasteiger partial charge is 0.407 e. The molecule has 0 bridgehead atoms. The molecule has 0 atom stereocenters. The van der Waals surface area contributed by atoms with Crippen molar-refractivity contribution in [1.82, 2.24) is 10.2 Å². The summed E-state index contributed by atoms with van der Waals surface area (Å²) in [6.07, 6.45) is 1.79. The molecule has 1 aromatic heterocycles. The van der Waals surface area contributed by atoms with Crippen LogP contribution in [0.4, 0.5) is 11.7 Å². The summed E-state index contributed by atoms with van der Waals surface area (Å²) < 4.78 is 5.53. The van der Waals surface area contributed by atoms with Crippen molar-refractivity contribution in [2.75, 3.05) is 10.2 Å². The highest BCUT2D eigenvalue weighted by molar-refractivity contribution is 6.20. The highest BCUT2D eigenvalue weighted by Crippen LogP contribution is 2.24. The predicted molar refractivity (Wildman–Crippen MR) is 109 cm³/mol. The second kappa shape index (κ2) is 8.28. The van der Waals surface area contributed by atoms with Gasteiger partial charge in [-0.15, -0.1) is 5.10 Å². The van der Waals surface area contributed by atoms with Crippen molar-refractivity contribution in [1.29, 1.82) is 0 Å². The summed E-state index contributed by atoms with van der Waals surface area (Å²) in [5.41, 5.74) is 2.92. The summed E-state index contributed by atoms with van der Waals surface area (Å²) >= 11 is 0. The van der Waals surface area contributed by atoms with Gasteiger partial charge in [-0.05, 0) is 35.7 Å². The van der Waals surface area contributed by atoms with E-state index in [1.165, 1.54) is 11.6 Å². The van der Waals surface area contributed by atoms with Crippen LogP contribution in [-0.2, 0) is 22.4 Å². The molecule has 3 amide bonds. The average Bonchev–Trinajstić information content (AvgIpc) is 3.34. The van der Waals surface area contributed by atoms with Crippen LogP contribution in [0.25, 0.3) is 0 Å². The van der Waals surface area contributed by atoms with Crippen LogP contribution in [0.3, 0.4) is 0 Å². The first-order chi connectivity index (χ1) is 14.5. The quantitative estimate of drug-likeness (QED) is 0.633. The van der Waals surface area contributed by atoms with Crippen molar-refractivity contribution < 1.29 is 18.8 Å². The maximum Gasteiger partial charge on any atom is 0.322 e. The van der Waals surface area contributed by atoms with E-state index >= 15 is 0 Å². The molecule has 1 saturated heterocycles. The van der Waals surface area contributed by atoms with Crippen LogP contribution >= 0.6 is 0 Å². The van der Waals surface area contributed by atoms with Crippen LogP contribution in [-0.4, -0.2) is 27.9 Å². The maximum atomic E-state index is 12.6. The molecular weight excluding hydrogens is 384 g/mol. The third-order valence-corrected chi connectivity index (χ3v) is 4.89. The molecule has 3 aromatic rings. The fourth-order valence-electron chi connectivity index (χ4n) is 3.26. The van der Waals surface area contributed by atoms with Crippen molar-refractivity contribution in [3.05, 3.63) is 71.1 Å². The van der Waals surface area contributed by atoms with Gasteiger partial charge in [-0.25, -0.2) is 0 Å². The van der Waals surface area contributed by atoms with E-state index in [1.54, 1.807) is 18.2 Å². The number of amides is 3. The molecule has 8 heteroatoms. The highest BCUT2D eigenvalue weighted by atomic mass is 16.4. The first-order valence-corrected chi connectivity index (χ1v) is 9.71. The van der Waals surface area contributed by atoms with E-state index in [0.717, 1.165) is 16.9 Å². The number of hydrogen-bond donors (Lipinski definition) is 1. The fourth-order valence-corrected chi connectivity index (χ4v) is 3.26. The van der Waals surface area contributed by atoms with Crippen molar-refractivity contribution in [3.63, 3.8) is 0 Å². The molecule has 8 nitrogen and oxygen atoms in total. The van der Waals surface area contributed by atoms with Gasteiger partial charge in [0.25, 0.3) is 5.91 Å². The number of rotatable bonds is 6. The van der Waals surface area contributed by atoms with Gasteiger partial charge in [0.1, 0.15) is 0 Å². The summed E-state index contributed by atoms with van der Waals surface area (Å²) in [4.78, 5) is 37.5. The number of aryl methyl sites for hydroxylation is 1. The molecule has 2 heterocycles. The third kappa shape index (κ3) is 4.12. The standard InChI is InChI=1S/C22H20N4O4/c1-2-14-6-8-15(9-7-14)12-18-24-25-22(30-18)23-21(29)16-4-3-5-17(13-16)26-19(27)10-11-20(26)28/h3-9,13H,2,10-12H2,1H3,(H,23,25,29). The van der Waals surface area contributed by atoms with Crippen LogP contribution in [0.1, 0.15) is 47.1 Å². The summed E-state index contributed by atoms with van der Waals surface area (Å²) in [5.74, 6) is -0.632. The second-order valence-electron chi connectivity index (χ2n) is 6.98. The SMILES string of the molecule is CCc1ccc(Cc2nnc(NC(=O)c3cccc(N4C(=O)CCC4=O)c3)o2)cc1. The third-order valence-electron chi connectivity index (χ3n) is 4.89. The average molecular weight is 404 g/mol. The Bertz CT molecular complexity index is 1090. The predicted octanol–water partition coefficient (Wildman–Crippen LogP) is 3.13. The first-order valence-electron chi connectivity index (χ1n) is 9.71. The smallest absolute Gasteiger partial charge is 0.322 e. The molecule has 30 heavy (non-hydrogen) atoms. The number of nitrogens with zero attached hydrogens (tertiary/aromatic N) is 3. The van der Waals surface area contributed by atoms with Crippen molar-refractivity contribution >= 4 is 29.4 Å². The van der Waals surface area contributed by atoms with E-state index in [4.69, 9.17) is 4.42 Å². The molecule has 0 saturated carbocycles. The van der Waals surface area contributed by atoms with Gasteiger partial charge < -0.3 is 4.42 Å². The maximum absolute atomic E-state index is 12.6. The Balaban J connectivity index is 1.43. The van der Waals surface area contributed by atoms with Gasteiger partial charge in [0.15, 0.2) is 0 Å². The van der Waals surface area contributed by atoms with Crippen molar-refractivity contribution in [2.24, 2.45) is 0 Å². The van der Waals surface area contributed by atoms with Gasteiger partial charge in [-0.2, -0.15) is 0 Å². The van der Waals surface area contributed by atoms with Gasteiger partial charge in [-0.3, -0.25) is 24.6 Å². The Morgan fingerprint density at radius 3 is 2.43 bits per heavy atom. The number of carbonyl (C=O) groups is 3. The zero-order valence-corrected chi connectivity index (χ0v) is 16.4. The van der Waals surface area contributed by atoms with Gasteiger partial charge in [0.2, 0.25) is 17.7 Å². The molecule has 0 radical (unpaired) electrons. The lowest BCUT2D eigenvalue weighted by molar-refractivity contribution is -0.121. The number of anilines is 2. The van der Waals surface area contributed by atoms with Crippen LogP contribution in [0.15, 0.2) is 52.9 Å². The van der Waals surface area contributed by atoms with E-state index in [9.17, 15) is 14.4 Å². The first kappa shape index (κ1) is 19.5. The number of aromatic nitrogens is 2.